The van der Waals surface area contributed by atoms with Gasteiger partial charge in [-0.25, -0.2) is 10.0 Å². The van der Waals surface area contributed by atoms with E-state index in [-0.39, 0.29) is 5.91 Å². The Balaban J connectivity index is 2.35. The lowest BCUT2D eigenvalue weighted by atomic mass is 10.2. The Kier molecular flexibility index (Phi) is 2.44. The second kappa shape index (κ2) is 3.77. The van der Waals surface area contributed by atoms with Crippen LogP contribution in [0.2, 0.25) is 0 Å². The Morgan fingerprint density at radius 1 is 1.31 bits per heavy atom. The molecule has 2 N–H and O–H groups in total. The molecule has 1 aromatic rings. The number of rotatable bonds is 1. The molecular weight excluding hydrogens is 204 g/mol. The summed E-state index contributed by atoms with van der Waals surface area (Å²) in [5.41, 5.74) is 7.94. The highest BCUT2D eigenvalue weighted by Gasteiger charge is 2.25. The number of carbonyl (C=O) groups excluding carboxylic acids is 1. The van der Waals surface area contributed by atoms with Crippen LogP contribution in [0.1, 0.15) is 6.92 Å². The van der Waals surface area contributed by atoms with Crippen LogP contribution in [0.3, 0.4) is 0 Å². The number of nitrogens with zero attached hydrogens (tertiary/aromatic N) is 3. The SMILES string of the molecule is CC1=NN(C)C(=O)C1=Nc1ccc(N)cc1. The number of nitrogen functional groups attached to an aromatic ring is 1. The zero-order valence-corrected chi connectivity index (χ0v) is 9.14. The fraction of sp³-hybridized carbons (Fsp3) is 0.182. The maximum atomic E-state index is 11.6. The zero-order chi connectivity index (χ0) is 11.7. The van der Waals surface area contributed by atoms with Gasteiger partial charge in [0.1, 0.15) is 0 Å². The number of hydrogen-bond acceptors (Lipinski definition) is 4. The number of aliphatic imine (C=N–C) groups is 1. The maximum absolute atomic E-state index is 11.6. The minimum atomic E-state index is -0.186. The number of hydrogen-bond donors (Lipinski definition) is 1. The predicted molar refractivity (Wildman–Crippen MR) is 63.8 cm³/mol. The van der Waals surface area contributed by atoms with Crippen LogP contribution in [0.4, 0.5) is 11.4 Å². The monoisotopic (exact) mass is 216 g/mol. The summed E-state index contributed by atoms with van der Waals surface area (Å²) in [5.74, 6) is -0.186. The summed E-state index contributed by atoms with van der Waals surface area (Å²) in [4.78, 5) is 15.9. The number of hydrazone groups is 1. The molecule has 0 aromatic heterocycles. The summed E-state index contributed by atoms with van der Waals surface area (Å²) in [6.07, 6.45) is 0. The molecule has 1 aliphatic rings. The molecule has 0 bridgehead atoms. The van der Waals surface area contributed by atoms with Crippen LogP contribution < -0.4 is 5.73 Å². The van der Waals surface area contributed by atoms with E-state index in [0.29, 0.717) is 22.8 Å². The van der Waals surface area contributed by atoms with Gasteiger partial charge >= 0.3 is 0 Å². The molecule has 0 aliphatic carbocycles. The van der Waals surface area contributed by atoms with E-state index in [1.54, 1.807) is 38.2 Å². The molecule has 5 nitrogen and oxygen atoms in total. The molecule has 0 spiro atoms. The highest BCUT2D eigenvalue weighted by atomic mass is 16.2. The summed E-state index contributed by atoms with van der Waals surface area (Å²) in [5, 5.41) is 5.29. The molecule has 82 valence electrons. The molecule has 1 heterocycles. The van der Waals surface area contributed by atoms with Crippen LogP contribution in [0.25, 0.3) is 0 Å². The average Bonchev–Trinajstić information content (AvgIpc) is 2.48. The first-order chi connectivity index (χ1) is 7.58. The van der Waals surface area contributed by atoms with E-state index in [4.69, 9.17) is 5.73 Å². The lowest BCUT2D eigenvalue weighted by Gasteiger charge is -2.01. The molecule has 16 heavy (non-hydrogen) atoms. The van der Waals surface area contributed by atoms with Gasteiger partial charge in [0, 0.05) is 12.7 Å². The number of benzene rings is 1. The third kappa shape index (κ3) is 1.79. The van der Waals surface area contributed by atoms with Crippen molar-refractivity contribution in [3.63, 3.8) is 0 Å². The summed E-state index contributed by atoms with van der Waals surface area (Å²) in [7, 11) is 1.61. The van der Waals surface area contributed by atoms with Crippen LogP contribution in [0, 0.1) is 0 Å². The molecular formula is C11H12N4O. The maximum Gasteiger partial charge on any atom is 0.294 e. The summed E-state index contributed by atoms with van der Waals surface area (Å²) >= 11 is 0. The Hall–Kier alpha value is -2.17. The van der Waals surface area contributed by atoms with E-state index in [0.717, 1.165) is 0 Å². The van der Waals surface area contributed by atoms with Crippen LogP contribution >= 0.6 is 0 Å². The average molecular weight is 216 g/mol. The molecule has 1 aromatic carbocycles. The van der Waals surface area contributed by atoms with Crippen LogP contribution in [0.5, 0.6) is 0 Å². The van der Waals surface area contributed by atoms with Gasteiger partial charge in [-0.1, -0.05) is 0 Å². The predicted octanol–water partition coefficient (Wildman–Crippen LogP) is 1.19. The van der Waals surface area contributed by atoms with E-state index >= 15 is 0 Å². The van der Waals surface area contributed by atoms with Crippen molar-refractivity contribution >= 4 is 28.7 Å². The van der Waals surface area contributed by atoms with Crippen molar-refractivity contribution in [2.24, 2.45) is 10.1 Å². The molecule has 0 unspecified atom stereocenters. The molecule has 5 heteroatoms. The van der Waals surface area contributed by atoms with E-state index in [1.165, 1.54) is 5.01 Å². The van der Waals surface area contributed by atoms with Gasteiger partial charge < -0.3 is 5.73 Å². The highest BCUT2D eigenvalue weighted by molar-refractivity contribution is 6.68. The van der Waals surface area contributed by atoms with Crippen molar-refractivity contribution in [3.05, 3.63) is 24.3 Å². The van der Waals surface area contributed by atoms with Gasteiger partial charge in [0.2, 0.25) is 0 Å². The van der Waals surface area contributed by atoms with Gasteiger partial charge in [0.05, 0.1) is 11.4 Å². The largest absolute Gasteiger partial charge is 0.399 e. The Morgan fingerprint density at radius 3 is 2.44 bits per heavy atom. The van der Waals surface area contributed by atoms with Gasteiger partial charge in [0.15, 0.2) is 5.71 Å². The third-order valence-electron chi connectivity index (χ3n) is 2.27. The molecule has 2 rings (SSSR count). The van der Waals surface area contributed by atoms with Gasteiger partial charge in [-0.15, -0.1) is 0 Å². The van der Waals surface area contributed by atoms with Gasteiger partial charge in [-0.2, -0.15) is 5.10 Å². The Labute approximate surface area is 93.3 Å². The summed E-state index contributed by atoms with van der Waals surface area (Å²) in [6, 6.07) is 7.02. The third-order valence-corrected chi connectivity index (χ3v) is 2.27. The van der Waals surface area contributed by atoms with Gasteiger partial charge in [0.25, 0.3) is 5.91 Å². The van der Waals surface area contributed by atoms with Crippen molar-refractivity contribution in [3.8, 4) is 0 Å². The lowest BCUT2D eigenvalue weighted by molar-refractivity contribution is -0.122. The number of anilines is 1. The van der Waals surface area contributed by atoms with Gasteiger partial charge in [-0.05, 0) is 31.2 Å². The molecule has 0 atom stereocenters. The van der Waals surface area contributed by atoms with Crippen molar-refractivity contribution in [2.45, 2.75) is 6.92 Å². The van der Waals surface area contributed by atoms with Crippen molar-refractivity contribution in [1.82, 2.24) is 5.01 Å². The molecule has 0 radical (unpaired) electrons. The van der Waals surface area contributed by atoms with E-state index in [2.05, 4.69) is 10.1 Å². The first kappa shape index (κ1) is 10.4. The Morgan fingerprint density at radius 2 is 1.94 bits per heavy atom. The fourth-order valence-corrected chi connectivity index (χ4v) is 1.43. The number of nitrogens with two attached hydrogens (primary N) is 1. The second-order valence-electron chi connectivity index (χ2n) is 3.57. The second-order valence-corrected chi connectivity index (χ2v) is 3.57. The topological polar surface area (TPSA) is 71.0 Å². The quantitative estimate of drug-likeness (QED) is 0.716. The van der Waals surface area contributed by atoms with E-state index in [9.17, 15) is 4.79 Å². The lowest BCUT2D eigenvalue weighted by Crippen LogP contribution is -2.23. The Bertz CT molecular complexity index is 487. The van der Waals surface area contributed by atoms with Crippen LogP contribution in [0.15, 0.2) is 34.4 Å². The van der Waals surface area contributed by atoms with E-state index < -0.39 is 0 Å². The van der Waals surface area contributed by atoms with Gasteiger partial charge in [-0.3, -0.25) is 4.79 Å². The molecule has 1 amide bonds. The smallest absolute Gasteiger partial charge is 0.294 e. The molecule has 1 aliphatic heterocycles. The van der Waals surface area contributed by atoms with Crippen molar-refractivity contribution in [2.75, 3.05) is 12.8 Å². The first-order valence-corrected chi connectivity index (χ1v) is 4.86. The minimum absolute atomic E-state index is 0.186. The molecule has 0 saturated carbocycles. The normalized spacial score (nSPS) is 18.1. The van der Waals surface area contributed by atoms with E-state index in [1.807, 2.05) is 0 Å². The highest BCUT2D eigenvalue weighted by Crippen LogP contribution is 2.16. The number of carbonyl (C=O) groups is 1. The van der Waals surface area contributed by atoms with Crippen molar-refractivity contribution in [1.29, 1.82) is 0 Å². The van der Waals surface area contributed by atoms with Crippen LogP contribution in [-0.4, -0.2) is 29.4 Å². The minimum Gasteiger partial charge on any atom is -0.399 e. The zero-order valence-electron chi connectivity index (χ0n) is 9.14. The summed E-state index contributed by atoms with van der Waals surface area (Å²) in [6.45, 7) is 1.76. The first-order valence-electron chi connectivity index (χ1n) is 4.86. The van der Waals surface area contributed by atoms with Crippen molar-refractivity contribution < 1.29 is 4.79 Å². The molecule has 0 fully saturated rings. The number of amides is 1. The standard InChI is InChI=1S/C11H12N4O/c1-7-10(11(16)15(2)14-7)13-9-5-3-8(12)4-6-9/h3-6H,12H2,1-2H3. The molecule has 0 saturated heterocycles. The fourth-order valence-electron chi connectivity index (χ4n) is 1.43. The summed E-state index contributed by atoms with van der Waals surface area (Å²) < 4.78 is 0. The van der Waals surface area contributed by atoms with Crippen LogP contribution in [-0.2, 0) is 4.79 Å².